The maximum absolute atomic E-state index is 11.2. The number of nitrogens with zero attached hydrogens (tertiary/aromatic N) is 1. The molecule has 5 nitrogen and oxygen atoms in total. The number of carboxylic acid groups (broad SMARTS) is 1. The summed E-state index contributed by atoms with van der Waals surface area (Å²) in [6, 6.07) is 0. The molecule has 1 saturated heterocycles. The van der Waals surface area contributed by atoms with Crippen molar-refractivity contribution in [1.82, 2.24) is 4.98 Å². The molecule has 1 aromatic rings. The van der Waals surface area contributed by atoms with Crippen molar-refractivity contribution >= 4 is 22.4 Å². The standard InChI is InChI=1S/C13H18N2O3S/c1-7-13(2,5-6-18-7)15-12-14-10-8(11(16)17)3-4-9(10)19-12/h7-8H,3-6H2,1-2H3,(H,14,15)(H,16,17). The maximum atomic E-state index is 11.2. The van der Waals surface area contributed by atoms with Gasteiger partial charge in [0.15, 0.2) is 5.13 Å². The number of carbonyl (C=O) groups is 1. The summed E-state index contributed by atoms with van der Waals surface area (Å²) in [7, 11) is 0. The summed E-state index contributed by atoms with van der Waals surface area (Å²) in [4.78, 5) is 16.8. The van der Waals surface area contributed by atoms with E-state index >= 15 is 0 Å². The summed E-state index contributed by atoms with van der Waals surface area (Å²) in [5.74, 6) is -1.19. The van der Waals surface area contributed by atoms with Gasteiger partial charge < -0.3 is 15.2 Å². The van der Waals surface area contributed by atoms with Crippen molar-refractivity contribution in [2.75, 3.05) is 11.9 Å². The van der Waals surface area contributed by atoms with Gasteiger partial charge in [0, 0.05) is 11.5 Å². The first kappa shape index (κ1) is 12.9. The van der Waals surface area contributed by atoms with E-state index in [1.807, 2.05) is 0 Å². The van der Waals surface area contributed by atoms with Gasteiger partial charge in [-0.1, -0.05) is 0 Å². The molecule has 0 amide bonds. The lowest BCUT2D eigenvalue weighted by molar-refractivity contribution is -0.138. The Bertz CT molecular complexity index is 516. The number of aryl methyl sites for hydroxylation is 1. The SMILES string of the molecule is CC1OCCC1(C)Nc1nc2c(s1)CCC2C(=O)O. The molecule has 0 saturated carbocycles. The van der Waals surface area contributed by atoms with Crippen molar-refractivity contribution in [2.24, 2.45) is 0 Å². The molecule has 6 heteroatoms. The van der Waals surface area contributed by atoms with Crippen molar-refractivity contribution in [1.29, 1.82) is 0 Å². The summed E-state index contributed by atoms with van der Waals surface area (Å²) in [5.41, 5.74) is 0.653. The van der Waals surface area contributed by atoms with E-state index in [0.29, 0.717) is 6.42 Å². The third-order valence-corrected chi connectivity index (χ3v) is 5.34. The van der Waals surface area contributed by atoms with Crippen LogP contribution in [0, 0.1) is 0 Å². The fourth-order valence-electron chi connectivity index (χ4n) is 2.76. The van der Waals surface area contributed by atoms with Crippen LogP contribution in [0.3, 0.4) is 0 Å². The van der Waals surface area contributed by atoms with Gasteiger partial charge in [-0.2, -0.15) is 0 Å². The highest BCUT2D eigenvalue weighted by Crippen LogP contribution is 2.40. The van der Waals surface area contributed by atoms with E-state index in [1.54, 1.807) is 11.3 Å². The molecule has 0 aromatic carbocycles. The zero-order valence-electron chi connectivity index (χ0n) is 11.1. The van der Waals surface area contributed by atoms with Crippen LogP contribution in [0.25, 0.3) is 0 Å². The van der Waals surface area contributed by atoms with Crippen molar-refractivity contribution in [3.8, 4) is 0 Å². The lowest BCUT2D eigenvalue weighted by Gasteiger charge is -2.28. The second-order valence-corrected chi connectivity index (χ2v) is 6.65. The van der Waals surface area contributed by atoms with E-state index in [2.05, 4.69) is 24.1 Å². The molecule has 2 N–H and O–H groups in total. The van der Waals surface area contributed by atoms with Crippen molar-refractivity contribution < 1.29 is 14.6 Å². The van der Waals surface area contributed by atoms with Crippen LogP contribution >= 0.6 is 11.3 Å². The first-order chi connectivity index (χ1) is 8.99. The first-order valence-corrected chi connectivity index (χ1v) is 7.43. The summed E-state index contributed by atoms with van der Waals surface area (Å²) in [6.45, 7) is 4.95. The lowest BCUT2D eigenvalue weighted by atomic mass is 9.95. The Morgan fingerprint density at radius 1 is 1.63 bits per heavy atom. The molecule has 3 rings (SSSR count). The van der Waals surface area contributed by atoms with Gasteiger partial charge in [-0.25, -0.2) is 4.98 Å². The molecule has 1 aromatic heterocycles. The highest BCUT2D eigenvalue weighted by Gasteiger charge is 2.39. The zero-order chi connectivity index (χ0) is 13.6. The Morgan fingerprint density at radius 2 is 2.42 bits per heavy atom. The van der Waals surface area contributed by atoms with Crippen molar-refractivity contribution in [3.63, 3.8) is 0 Å². The molecule has 0 radical (unpaired) electrons. The average molecular weight is 282 g/mol. The van der Waals surface area contributed by atoms with E-state index in [1.165, 1.54) is 0 Å². The fourth-order valence-corrected chi connectivity index (χ4v) is 3.94. The summed E-state index contributed by atoms with van der Waals surface area (Å²) in [5, 5.41) is 13.4. The number of hydrogen-bond donors (Lipinski definition) is 2. The van der Waals surface area contributed by atoms with Crippen molar-refractivity contribution in [2.45, 2.75) is 50.7 Å². The second kappa shape index (κ2) is 4.45. The van der Waals surface area contributed by atoms with Crippen LogP contribution in [0.5, 0.6) is 0 Å². The first-order valence-electron chi connectivity index (χ1n) is 6.62. The van der Waals surface area contributed by atoms with Crippen LogP contribution in [-0.4, -0.2) is 34.3 Å². The molecule has 1 aliphatic carbocycles. The van der Waals surface area contributed by atoms with Gasteiger partial charge >= 0.3 is 5.97 Å². The van der Waals surface area contributed by atoms with Crippen LogP contribution in [0.1, 0.15) is 43.2 Å². The Morgan fingerprint density at radius 3 is 3.05 bits per heavy atom. The minimum atomic E-state index is -0.764. The lowest BCUT2D eigenvalue weighted by Crippen LogP contribution is -2.41. The number of nitrogens with one attached hydrogen (secondary N) is 1. The van der Waals surface area contributed by atoms with E-state index in [0.717, 1.165) is 35.2 Å². The Hall–Kier alpha value is -1.14. The molecular weight excluding hydrogens is 264 g/mol. The second-order valence-electron chi connectivity index (χ2n) is 5.56. The number of thiazole rings is 1. The van der Waals surface area contributed by atoms with E-state index in [4.69, 9.17) is 4.74 Å². The van der Waals surface area contributed by atoms with Gasteiger partial charge in [0.25, 0.3) is 0 Å². The number of ether oxygens (including phenoxy) is 1. The van der Waals surface area contributed by atoms with Crippen LogP contribution < -0.4 is 5.32 Å². The molecule has 1 fully saturated rings. The summed E-state index contributed by atoms with van der Waals surface area (Å²) >= 11 is 1.59. The van der Waals surface area contributed by atoms with Crippen LogP contribution in [-0.2, 0) is 16.0 Å². The molecule has 2 heterocycles. The van der Waals surface area contributed by atoms with E-state index in [-0.39, 0.29) is 11.6 Å². The topological polar surface area (TPSA) is 71.5 Å². The van der Waals surface area contributed by atoms with Crippen molar-refractivity contribution in [3.05, 3.63) is 10.6 Å². The Balaban J connectivity index is 1.81. The molecule has 3 atom stereocenters. The third-order valence-electron chi connectivity index (χ3n) is 4.29. The van der Waals surface area contributed by atoms with Crippen LogP contribution in [0.2, 0.25) is 0 Å². The average Bonchev–Trinajstić information content (AvgIpc) is 2.94. The maximum Gasteiger partial charge on any atom is 0.312 e. The van der Waals surface area contributed by atoms with E-state index in [9.17, 15) is 9.90 Å². The van der Waals surface area contributed by atoms with Crippen LogP contribution in [0.4, 0.5) is 5.13 Å². The predicted octanol–water partition coefficient (Wildman–Crippen LogP) is 2.24. The van der Waals surface area contributed by atoms with Gasteiger partial charge in [0.1, 0.15) is 5.92 Å². The number of hydrogen-bond acceptors (Lipinski definition) is 5. The monoisotopic (exact) mass is 282 g/mol. The quantitative estimate of drug-likeness (QED) is 0.889. The number of aliphatic carboxylic acids is 1. The largest absolute Gasteiger partial charge is 0.481 e. The number of fused-ring (bicyclic) bond motifs is 1. The third kappa shape index (κ3) is 2.12. The van der Waals surface area contributed by atoms with Gasteiger partial charge in [0.2, 0.25) is 0 Å². The normalized spacial score (nSPS) is 33.4. The van der Waals surface area contributed by atoms with Gasteiger partial charge in [0.05, 0.1) is 17.3 Å². The van der Waals surface area contributed by atoms with Gasteiger partial charge in [-0.15, -0.1) is 11.3 Å². The highest BCUT2D eigenvalue weighted by atomic mass is 32.1. The predicted molar refractivity (Wildman–Crippen MR) is 72.9 cm³/mol. The molecule has 104 valence electrons. The molecular formula is C13H18N2O3S. The Labute approximate surface area is 116 Å². The molecule has 19 heavy (non-hydrogen) atoms. The number of anilines is 1. The Kier molecular flexibility index (Phi) is 3.02. The minimum Gasteiger partial charge on any atom is -0.481 e. The molecule has 0 spiro atoms. The van der Waals surface area contributed by atoms with Crippen LogP contribution in [0.15, 0.2) is 0 Å². The molecule has 2 aliphatic rings. The minimum absolute atomic E-state index is 0.107. The summed E-state index contributed by atoms with van der Waals surface area (Å²) < 4.78 is 5.60. The zero-order valence-corrected chi connectivity index (χ0v) is 11.9. The molecule has 3 unspecified atom stereocenters. The molecule has 0 bridgehead atoms. The number of rotatable bonds is 3. The summed E-state index contributed by atoms with van der Waals surface area (Å²) in [6.07, 6.45) is 2.59. The smallest absolute Gasteiger partial charge is 0.312 e. The molecule has 1 aliphatic heterocycles. The number of aromatic nitrogens is 1. The van der Waals surface area contributed by atoms with Gasteiger partial charge in [-0.05, 0) is 33.1 Å². The highest BCUT2D eigenvalue weighted by molar-refractivity contribution is 7.15. The van der Waals surface area contributed by atoms with Gasteiger partial charge in [-0.3, -0.25) is 4.79 Å². The number of carboxylic acids is 1. The fraction of sp³-hybridized carbons (Fsp3) is 0.692. The van der Waals surface area contributed by atoms with E-state index < -0.39 is 11.9 Å².